The topological polar surface area (TPSA) is 87.3 Å². The quantitative estimate of drug-likeness (QED) is 0.752. The minimum atomic E-state index is -0.918. The van der Waals surface area contributed by atoms with E-state index in [2.05, 4.69) is 45.2 Å². The predicted octanol–water partition coefficient (Wildman–Crippen LogP) is 2.46. The summed E-state index contributed by atoms with van der Waals surface area (Å²) in [6.45, 7) is 3.84. The van der Waals surface area contributed by atoms with Crippen LogP contribution in [0.25, 0.3) is 0 Å². The number of carbonyl (C=O) groups is 2. The van der Waals surface area contributed by atoms with Crippen molar-refractivity contribution in [2.45, 2.75) is 44.8 Å². The van der Waals surface area contributed by atoms with Gasteiger partial charge in [0, 0.05) is 6.04 Å². The summed E-state index contributed by atoms with van der Waals surface area (Å²) in [6.07, 6.45) is 9.49. The third-order valence-corrected chi connectivity index (χ3v) is 5.87. The van der Waals surface area contributed by atoms with Crippen molar-refractivity contribution in [3.05, 3.63) is 17.7 Å². The molecule has 2 fully saturated rings. The molecule has 1 aliphatic carbocycles. The van der Waals surface area contributed by atoms with Gasteiger partial charge in [0.05, 0.1) is 19.3 Å². The fraction of sp³-hybridized carbons (Fsp3) is 0.650. The molecule has 1 saturated carbocycles. The van der Waals surface area contributed by atoms with Gasteiger partial charge in [0.25, 0.3) is 0 Å². The fourth-order valence-electron chi connectivity index (χ4n) is 3.66. The molecule has 2 aliphatic rings. The van der Waals surface area contributed by atoms with Gasteiger partial charge in [-0.2, -0.15) is 10.0 Å². The second-order valence-corrected chi connectivity index (χ2v) is 12.5. The highest BCUT2D eigenvalue weighted by atomic mass is 32.3. The molecule has 1 unspecified atom stereocenters. The first-order chi connectivity index (χ1) is 13.1. The maximum absolute atomic E-state index is 13.3. The number of carbonyl (C=O) groups excluding carboxylic acids is 2. The van der Waals surface area contributed by atoms with Gasteiger partial charge in [0.2, 0.25) is 5.91 Å². The molecule has 0 spiro atoms. The van der Waals surface area contributed by atoms with E-state index in [0.717, 1.165) is 24.4 Å². The van der Waals surface area contributed by atoms with Crippen molar-refractivity contribution in [1.29, 1.82) is 0 Å². The first-order valence-electron chi connectivity index (χ1n) is 9.53. The number of likely N-dealkylation sites (tertiary alicyclic amines) is 1. The van der Waals surface area contributed by atoms with Crippen LogP contribution in [0.1, 0.15) is 44.2 Å². The molecular weight excluding hydrogens is 376 g/mol. The van der Waals surface area contributed by atoms with Gasteiger partial charge in [-0.25, -0.2) is 9.78 Å². The monoisotopic (exact) mass is 406 g/mol. The van der Waals surface area contributed by atoms with E-state index in [1.807, 2.05) is 18.7 Å². The Hall–Kier alpha value is -2.14. The van der Waals surface area contributed by atoms with Crippen molar-refractivity contribution in [1.82, 2.24) is 20.2 Å². The Morgan fingerprint density at radius 1 is 1.36 bits per heavy atom. The number of nitrogens with zero attached hydrogens (tertiary/aromatic N) is 2. The van der Waals surface area contributed by atoms with Gasteiger partial charge in [0.15, 0.2) is 0 Å². The van der Waals surface area contributed by atoms with E-state index >= 15 is 0 Å². The zero-order chi connectivity index (χ0) is 20.6. The maximum Gasteiger partial charge on any atom is 0.407 e. The van der Waals surface area contributed by atoms with Crippen molar-refractivity contribution in [3.63, 3.8) is 0 Å². The smallest absolute Gasteiger partial charge is 0.407 e. The Kier molecular flexibility index (Phi) is 5.67. The molecule has 3 rings (SSSR count). The van der Waals surface area contributed by atoms with Gasteiger partial charge >= 0.3 is 6.09 Å². The van der Waals surface area contributed by atoms with Crippen LogP contribution in [-0.2, 0) is 9.53 Å². The second kappa shape index (κ2) is 7.70. The zero-order valence-corrected chi connectivity index (χ0v) is 18.2. The number of hydrogen-bond acceptors (Lipinski definition) is 4. The first kappa shape index (κ1) is 20.6. The number of hydrogen-bond donors (Lipinski definition) is 2. The summed E-state index contributed by atoms with van der Waals surface area (Å²) in [7, 11) is 0.385. The summed E-state index contributed by atoms with van der Waals surface area (Å²) in [6, 6.07) is -0.487. The van der Waals surface area contributed by atoms with Gasteiger partial charge in [-0.15, -0.1) is 0 Å². The number of fused-ring (bicyclic) bond motifs is 1. The maximum atomic E-state index is 13.3. The summed E-state index contributed by atoms with van der Waals surface area (Å²) < 4.78 is 4.70. The van der Waals surface area contributed by atoms with Crippen molar-refractivity contribution >= 4 is 22.0 Å². The number of aromatic nitrogens is 2. The van der Waals surface area contributed by atoms with E-state index in [1.165, 1.54) is 7.11 Å². The molecule has 2 heterocycles. The summed E-state index contributed by atoms with van der Waals surface area (Å²) >= 11 is 0. The molecule has 8 heteroatoms. The minimum absolute atomic E-state index is 0.0437. The number of ether oxygens (including phenoxy) is 1. The highest BCUT2D eigenvalue weighted by molar-refractivity contribution is 8.35. The summed E-state index contributed by atoms with van der Waals surface area (Å²) in [5, 5.41) is 5.97. The van der Waals surface area contributed by atoms with E-state index in [1.54, 1.807) is 6.20 Å². The van der Waals surface area contributed by atoms with E-state index in [0.29, 0.717) is 5.92 Å². The second-order valence-electron chi connectivity index (χ2n) is 8.66. The summed E-state index contributed by atoms with van der Waals surface area (Å²) in [4.78, 5) is 34.7. The van der Waals surface area contributed by atoms with Crippen LogP contribution in [0.2, 0.25) is 0 Å². The Balaban J connectivity index is 1.81. The largest absolute Gasteiger partial charge is 0.453 e. The lowest BCUT2D eigenvalue weighted by molar-refractivity contribution is -0.136. The van der Waals surface area contributed by atoms with E-state index < -0.39 is 22.2 Å². The number of amides is 2. The number of methoxy groups -OCH3 is 1. The molecule has 154 valence electrons. The highest BCUT2D eigenvalue weighted by Crippen LogP contribution is 2.53. The summed E-state index contributed by atoms with van der Waals surface area (Å²) in [5.74, 6) is 4.33. The molecule has 28 heavy (non-hydrogen) atoms. The normalized spacial score (nSPS) is 24.8. The molecular formula is C20H30N4O3S. The number of rotatable bonds is 4. The van der Waals surface area contributed by atoms with E-state index in [4.69, 9.17) is 4.74 Å². The lowest BCUT2D eigenvalue weighted by atomic mass is 10.0. The van der Waals surface area contributed by atoms with Crippen LogP contribution in [0.4, 0.5) is 4.79 Å². The average Bonchev–Trinajstić information content (AvgIpc) is 3.06. The van der Waals surface area contributed by atoms with Crippen LogP contribution in [0.15, 0.2) is 6.20 Å². The van der Waals surface area contributed by atoms with Crippen LogP contribution in [-0.4, -0.2) is 64.8 Å². The number of alkyl carbamates (subject to hydrolysis) is 1. The molecule has 0 radical (unpaired) electrons. The highest BCUT2D eigenvalue weighted by Gasteiger charge is 2.56. The Bertz CT molecular complexity index is 817. The lowest BCUT2D eigenvalue weighted by Crippen LogP contribution is -2.52. The molecule has 1 aromatic heterocycles. The third kappa shape index (κ3) is 4.46. The molecule has 2 amide bonds. The molecule has 1 aliphatic heterocycles. The van der Waals surface area contributed by atoms with Crippen LogP contribution in [0.5, 0.6) is 0 Å². The zero-order valence-electron chi connectivity index (χ0n) is 17.4. The van der Waals surface area contributed by atoms with Crippen molar-refractivity contribution < 1.29 is 14.3 Å². The van der Waals surface area contributed by atoms with Crippen molar-refractivity contribution in [2.24, 2.45) is 11.8 Å². The van der Waals surface area contributed by atoms with Gasteiger partial charge < -0.3 is 19.9 Å². The minimum Gasteiger partial charge on any atom is -0.453 e. The Morgan fingerprint density at radius 3 is 2.68 bits per heavy atom. The van der Waals surface area contributed by atoms with Crippen molar-refractivity contribution in [2.75, 3.05) is 25.9 Å². The number of aromatic amines is 1. The van der Waals surface area contributed by atoms with E-state index in [-0.39, 0.29) is 23.9 Å². The number of imidazole rings is 1. The van der Waals surface area contributed by atoms with Gasteiger partial charge in [-0.1, -0.05) is 13.8 Å². The number of piperidine rings is 1. The van der Waals surface area contributed by atoms with Gasteiger partial charge in [-0.3, -0.25) is 4.79 Å². The van der Waals surface area contributed by atoms with E-state index in [9.17, 15) is 9.59 Å². The molecule has 1 aromatic rings. The Labute approximate surface area is 168 Å². The summed E-state index contributed by atoms with van der Waals surface area (Å²) in [5.41, 5.74) is 0.776. The fourth-order valence-corrected chi connectivity index (χ4v) is 4.07. The predicted molar refractivity (Wildman–Crippen MR) is 111 cm³/mol. The molecule has 0 aromatic carbocycles. The van der Waals surface area contributed by atoms with Crippen LogP contribution in [0.3, 0.4) is 0 Å². The van der Waals surface area contributed by atoms with Crippen molar-refractivity contribution in [3.8, 4) is 11.2 Å². The van der Waals surface area contributed by atoms with Gasteiger partial charge in [-0.05, 0) is 54.6 Å². The first-order valence-corrected chi connectivity index (χ1v) is 12.4. The third-order valence-electron chi connectivity index (χ3n) is 5.15. The molecule has 2 N–H and O–H groups in total. The lowest BCUT2D eigenvalue weighted by Gasteiger charge is -2.31. The van der Waals surface area contributed by atoms with Crippen LogP contribution >= 0.6 is 10.0 Å². The molecule has 0 bridgehead atoms. The number of H-pyrrole nitrogens is 1. The standard InChI is InChI=1S/C20H30N4O3S/c1-12(2)17(23-20(26)27-3)19(25)24-15-9-13(15)10-16(24)18-21-11-14(22-18)7-8-28(4,5)6/h11-13,15-17H,9-10H2,1-6H3,(H,21,22)(H,23,26)/t13-,15-,16+,17?/m1/s1. The molecule has 7 nitrogen and oxygen atoms in total. The van der Waals surface area contributed by atoms with Crippen LogP contribution < -0.4 is 5.32 Å². The number of nitrogens with one attached hydrogen (secondary N) is 2. The molecule has 1 saturated heterocycles. The van der Waals surface area contributed by atoms with Crippen LogP contribution in [0, 0.1) is 23.0 Å². The molecule has 4 atom stereocenters. The average molecular weight is 407 g/mol. The SMILES string of the molecule is COC(=O)NC(C(=O)N1[C@@H]2C[C@@H]2C[C@H]1c1ncc(C#CS(C)(C)C)[nH]1)C(C)C. The Morgan fingerprint density at radius 2 is 2.07 bits per heavy atom. The van der Waals surface area contributed by atoms with Gasteiger partial charge in [0.1, 0.15) is 17.6 Å².